The topological polar surface area (TPSA) is 74.3 Å². The average molecular weight is 333 g/mol. The molecule has 2 saturated carbocycles. The lowest BCUT2D eigenvalue weighted by Crippen LogP contribution is -2.12. The molecule has 2 aliphatic carbocycles. The molecule has 1 aromatic carbocycles. The molecule has 7 nitrogen and oxygen atoms in total. The zero-order valence-corrected chi connectivity index (χ0v) is 13.9. The van der Waals surface area contributed by atoms with Crippen LogP contribution in [0, 0.1) is 0 Å². The maximum atomic E-state index is 4.46. The van der Waals surface area contributed by atoms with E-state index in [9.17, 15) is 0 Å². The maximum absolute atomic E-state index is 4.46. The molecule has 2 aromatic heterocycles. The highest BCUT2D eigenvalue weighted by atomic mass is 15.5. The second-order valence-corrected chi connectivity index (χ2v) is 6.79. The first-order valence-corrected chi connectivity index (χ1v) is 8.81. The van der Waals surface area contributed by atoms with Gasteiger partial charge in [-0.2, -0.15) is 0 Å². The minimum absolute atomic E-state index is 0.553. The molecule has 0 aliphatic heterocycles. The van der Waals surface area contributed by atoms with E-state index < -0.39 is 0 Å². The van der Waals surface area contributed by atoms with Gasteiger partial charge in [0, 0.05) is 12.0 Å². The number of hydrogen-bond donors (Lipinski definition) is 0. The Morgan fingerprint density at radius 2 is 1.80 bits per heavy atom. The van der Waals surface area contributed by atoms with E-state index in [0.29, 0.717) is 18.5 Å². The van der Waals surface area contributed by atoms with Crippen LogP contribution < -0.4 is 0 Å². The summed E-state index contributed by atoms with van der Waals surface area (Å²) in [7, 11) is 0. The molecule has 2 aliphatic rings. The fourth-order valence-electron chi connectivity index (χ4n) is 3.11. The summed E-state index contributed by atoms with van der Waals surface area (Å²) in [6.07, 6.45) is 8.88. The Morgan fingerprint density at radius 1 is 0.960 bits per heavy atom. The third kappa shape index (κ3) is 2.97. The van der Waals surface area contributed by atoms with Gasteiger partial charge in [0.05, 0.1) is 0 Å². The summed E-state index contributed by atoms with van der Waals surface area (Å²) in [5, 5.41) is 21.0. The summed E-state index contributed by atoms with van der Waals surface area (Å²) in [6, 6.07) is 10.7. The highest BCUT2D eigenvalue weighted by molar-refractivity contribution is 5.66. The summed E-state index contributed by atoms with van der Waals surface area (Å²) in [4.78, 5) is 0. The van der Waals surface area contributed by atoms with Crippen LogP contribution >= 0.6 is 0 Å². The molecule has 7 heteroatoms. The van der Waals surface area contributed by atoms with Crippen LogP contribution in [0.2, 0.25) is 0 Å². The largest absolute Gasteiger partial charge is 0.310 e. The van der Waals surface area contributed by atoms with Crippen LogP contribution in [0.3, 0.4) is 0 Å². The number of benzene rings is 1. The Hall–Kier alpha value is -2.83. The molecule has 0 atom stereocenters. The fraction of sp³-hybridized carbons (Fsp3) is 0.389. The summed E-state index contributed by atoms with van der Waals surface area (Å²) in [5.41, 5.74) is 1.12. The predicted molar refractivity (Wildman–Crippen MR) is 92.6 cm³/mol. The van der Waals surface area contributed by atoms with Crippen molar-refractivity contribution in [2.24, 2.45) is 0 Å². The summed E-state index contributed by atoms with van der Waals surface area (Å²) >= 11 is 0. The van der Waals surface area contributed by atoms with Gasteiger partial charge in [-0.15, -0.1) is 15.3 Å². The van der Waals surface area contributed by atoms with Crippen molar-refractivity contribution in [3.05, 3.63) is 53.4 Å². The molecule has 126 valence electrons. The second kappa shape index (κ2) is 5.91. The van der Waals surface area contributed by atoms with E-state index in [-0.39, 0.29) is 0 Å². The summed E-state index contributed by atoms with van der Waals surface area (Å²) < 4.78 is 4.13. The van der Waals surface area contributed by atoms with Crippen molar-refractivity contribution in [2.45, 2.75) is 44.2 Å². The lowest BCUT2D eigenvalue weighted by atomic mass is 10.2. The lowest BCUT2D eigenvalue weighted by molar-refractivity contribution is 0.570. The van der Waals surface area contributed by atoms with E-state index in [4.69, 9.17) is 0 Å². The summed E-state index contributed by atoms with van der Waals surface area (Å²) in [6.45, 7) is 0.553. The molecule has 0 N–H and O–H groups in total. The highest BCUT2D eigenvalue weighted by Gasteiger charge is 2.36. The lowest BCUT2D eigenvalue weighted by Gasteiger charge is -2.08. The van der Waals surface area contributed by atoms with Crippen LogP contribution in [0.4, 0.5) is 0 Å². The minimum Gasteiger partial charge on any atom is -0.310 e. The fourth-order valence-corrected chi connectivity index (χ4v) is 3.11. The molecule has 2 fully saturated rings. The van der Waals surface area contributed by atoms with Gasteiger partial charge in [0.25, 0.3) is 0 Å². The van der Waals surface area contributed by atoms with Gasteiger partial charge < -0.3 is 4.57 Å². The van der Waals surface area contributed by atoms with Gasteiger partial charge in [0.1, 0.15) is 12.4 Å². The van der Waals surface area contributed by atoms with E-state index in [0.717, 1.165) is 23.0 Å². The van der Waals surface area contributed by atoms with Crippen LogP contribution in [0.15, 0.2) is 30.3 Å². The van der Waals surface area contributed by atoms with Crippen LogP contribution in [0.1, 0.15) is 60.7 Å². The van der Waals surface area contributed by atoms with Crippen molar-refractivity contribution >= 4 is 12.2 Å². The van der Waals surface area contributed by atoms with E-state index in [1.807, 2.05) is 30.4 Å². The second-order valence-electron chi connectivity index (χ2n) is 6.79. The van der Waals surface area contributed by atoms with Gasteiger partial charge in [-0.1, -0.05) is 36.4 Å². The molecule has 0 radical (unpaired) electrons. The molecular formula is C18H19N7. The third-order valence-electron chi connectivity index (χ3n) is 4.72. The molecule has 0 saturated heterocycles. The van der Waals surface area contributed by atoms with Crippen LogP contribution in [0.25, 0.3) is 12.2 Å². The van der Waals surface area contributed by atoms with E-state index in [1.165, 1.54) is 25.7 Å². The number of nitrogens with zero attached hydrogens (tertiary/aromatic N) is 7. The number of aromatic nitrogens is 7. The average Bonchev–Trinajstić information content (AvgIpc) is 3.58. The van der Waals surface area contributed by atoms with Crippen LogP contribution in [-0.2, 0) is 6.54 Å². The predicted octanol–water partition coefficient (Wildman–Crippen LogP) is 2.70. The minimum atomic E-state index is 0.553. The van der Waals surface area contributed by atoms with Gasteiger partial charge in [0.2, 0.25) is 0 Å². The first kappa shape index (κ1) is 14.5. The van der Waals surface area contributed by atoms with E-state index in [1.54, 1.807) is 4.68 Å². The van der Waals surface area contributed by atoms with Crippen LogP contribution in [0.5, 0.6) is 0 Å². The SMILES string of the molecule is C(=Cc1nnnn1Cc1nnc(C2CC2)n1C1CC1)c1ccccc1. The first-order chi connectivity index (χ1) is 12.4. The van der Waals surface area contributed by atoms with Crippen molar-refractivity contribution < 1.29 is 0 Å². The molecule has 0 amide bonds. The Morgan fingerprint density at radius 3 is 2.56 bits per heavy atom. The zero-order chi connectivity index (χ0) is 16.6. The van der Waals surface area contributed by atoms with Crippen molar-refractivity contribution in [2.75, 3.05) is 0 Å². The van der Waals surface area contributed by atoms with Crippen molar-refractivity contribution in [3.63, 3.8) is 0 Å². The highest BCUT2D eigenvalue weighted by Crippen LogP contribution is 2.44. The maximum Gasteiger partial charge on any atom is 0.175 e. The molecular weight excluding hydrogens is 314 g/mol. The summed E-state index contributed by atoms with van der Waals surface area (Å²) in [5.74, 6) is 3.45. The van der Waals surface area contributed by atoms with Gasteiger partial charge in [-0.3, -0.25) is 0 Å². The number of tetrazole rings is 1. The van der Waals surface area contributed by atoms with Crippen LogP contribution in [-0.4, -0.2) is 35.0 Å². The monoisotopic (exact) mass is 333 g/mol. The molecule has 5 rings (SSSR count). The van der Waals surface area contributed by atoms with Gasteiger partial charge in [-0.05, 0) is 47.7 Å². The van der Waals surface area contributed by atoms with E-state index in [2.05, 4.69) is 42.4 Å². The van der Waals surface area contributed by atoms with Gasteiger partial charge in [0.15, 0.2) is 11.6 Å². The van der Waals surface area contributed by atoms with Crippen molar-refractivity contribution in [1.29, 1.82) is 0 Å². The molecule has 0 spiro atoms. The normalized spacial score (nSPS) is 17.4. The molecule has 0 unspecified atom stereocenters. The number of rotatable bonds is 6. The molecule has 2 heterocycles. The third-order valence-corrected chi connectivity index (χ3v) is 4.72. The Labute approximate surface area is 145 Å². The first-order valence-electron chi connectivity index (χ1n) is 8.81. The van der Waals surface area contributed by atoms with Crippen molar-refractivity contribution in [1.82, 2.24) is 35.0 Å². The van der Waals surface area contributed by atoms with Crippen molar-refractivity contribution in [3.8, 4) is 0 Å². The number of hydrogen-bond acceptors (Lipinski definition) is 5. The Balaban J connectivity index is 1.41. The standard InChI is InChI=1S/C18H19N7/c1-2-4-13(5-3-1)6-11-16-20-22-23-24(16)12-17-19-21-18(14-7-8-14)25(17)15-9-10-15/h1-6,11,14-15H,7-10,12H2. The molecule has 3 aromatic rings. The van der Waals surface area contributed by atoms with Gasteiger partial charge >= 0.3 is 0 Å². The smallest absolute Gasteiger partial charge is 0.175 e. The molecule has 25 heavy (non-hydrogen) atoms. The molecule has 0 bridgehead atoms. The van der Waals surface area contributed by atoms with E-state index >= 15 is 0 Å². The Bertz CT molecular complexity index is 901. The van der Waals surface area contributed by atoms with Gasteiger partial charge in [-0.25, -0.2) is 4.68 Å². The Kier molecular flexibility index (Phi) is 3.43. The zero-order valence-electron chi connectivity index (χ0n) is 13.9. The quantitative estimate of drug-likeness (QED) is 0.693.